The van der Waals surface area contributed by atoms with Gasteiger partial charge in [-0.3, -0.25) is 0 Å². The van der Waals surface area contributed by atoms with Gasteiger partial charge >= 0.3 is 0 Å². The van der Waals surface area contributed by atoms with Crippen LogP contribution < -0.4 is 5.32 Å². The molecule has 3 rings (SSSR count). The summed E-state index contributed by atoms with van der Waals surface area (Å²) < 4.78 is 12.8. The van der Waals surface area contributed by atoms with Crippen LogP contribution in [0, 0.1) is 5.82 Å². The average molecular weight is 276 g/mol. The lowest BCUT2D eigenvalue weighted by molar-refractivity contribution is 0.292. The van der Waals surface area contributed by atoms with Crippen LogP contribution in [0.25, 0.3) is 0 Å². The van der Waals surface area contributed by atoms with Gasteiger partial charge in [0.1, 0.15) is 5.82 Å². The van der Waals surface area contributed by atoms with Crippen LogP contribution in [0.1, 0.15) is 30.0 Å². The number of hydrogen-bond donors (Lipinski definition) is 1. The summed E-state index contributed by atoms with van der Waals surface area (Å²) >= 11 is 1.65. The zero-order valence-electron chi connectivity index (χ0n) is 10.7. The van der Waals surface area contributed by atoms with Crippen molar-refractivity contribution in [2.24, 2.45) is 0 Å². The normalized spacial score (nSPS) is 22.2. The predicted molar refractivity (Wildman–Crippen MR) is 76.0 cm³/mol. The molecule has 0 aliphatic heterocycles. The molecule has 2 nitrogen and oxygen atoms in total. The Morgan fingerprint density at radius 2 is 2.05 bits per heavy atom. The minimum Gasteiger partial charge on any atom is -0.314 e. The van der Waals surface area contributed by atoms with Gasteiger partial charge in [0, 0.05) is 24.4 Å². The van der Waals surface area contributed by atoms with Crippen LogP contribution in [0.3, 0.4) is 0 Å². The lowest BCUT2D eigenvalue weighted by Gasteiger charge is -2.36. The molecule has 1 heterocycles. The Morgan fingerprint density at radius 3 is 2.74 bits per heavy atom. The fraction of sp³-hybridized carbons (Fsp3) is 0.400. The molecule has 0 atom stereocenters. The first-order chi connectivity index (χ1) is 9.31. The molecule has 1 saturated carbocycles. The molecular formula is C15H17FN2S. The van der Waals surface area contributed by atoms with Gasteiger partial charge in [0.05, 0.1) is 11.2 Å². The van der Waals surface area contributed by atoms with Crippen molar-refractivity contribution in [1.29, 1.82) is 0 Å². The third kappa shape index (κ3) is 3.19. The zero-order valence-corrected chi connectivity index (χ0v) is 11.5. The number of benzene rings is 1. The summed E-state index contributed by atoms with van der Waals surface area (Å²) in [4.78, 5) is 4.27. The number of rotatable bonds is 5. The average Bonchev–Trinajstić information content (AvgIpc) is 2.87. The number of nitrogens with one attached hydrogen (secondary N) is 1. The molecule has 2 aromatic rings. The molecule has 1 N–H and O–H groups in total. The summed E-state index contributed by atoms with van der Waals surface area (Å²) in [5.74, 6) is 0.443. The minimum absolute atomic E-state index is 0.152. The van der Waals surface area contributed by atoms with Gasteiger partial charge in [0.15, 0.2) is 0 Å². The molecule has 100 valence electrons. The number of nitrogens with zero attached hydrogens (tertiary/aromatic N) is 1. The first kappa shape index (κ1) is 12.8. The molecule has 0 amide bonds. The molecule has 0 saturated heterocycles. The van der Waals surface area contributed by atoms with E-state index in [2.05, 4.69) is 15.7 Å². The quantitative estimate of drug-likeness (QED) is 0.905. The standard InChI is InChI=1S/C15H17FN2S/c16-13-3-1-11(2-4-13)12-7-15(8-12)17-6-5-14-9-19-10-18-14/h1-4,9-10,12,15,17H,5-8H2. The van der Waals surface area contributed by atoms with Crippen LogP contribution >= 0.6 is 11.3 Å². The molecule has 4 heteroatoms. The molecule has 0 spiro atoms. The third-order valence-corrected chi connectivity index (χ3v) is 4.41. The Hall–Kier alpha value is -1.26. The maximum atomic E-state index is 12.8. The molecule has 1 aliphatic rings. The van der Waals surface area contributed by atoms with Crippen molar-refractivity contribution < 1.29 is 4.39 Å². The first-order valence-electron chi connectivity index (χ1n) is 6.67. The molecule has 19 heavy (non-hydrogen) atoms. The van der Waals surface area contributed by atoms with Crippen LogP contribution in [0.2, 0.25) is 0 Å². The molecule has 0 unspecified atom stereocenters. The summed E-state index contributed by atoms with van der Waals surface area (Å²) in [7, 11) is 0. The lowest BCUT2D eigenvalue weighted by Crippen LogP contribution is -2.40. The van der Waals surface area contributed by atoms with Crippen molar-refractivity contribution >= 4 is 11.3 Å². The monoisotopic (exact) mass is 276 g/mol. The fourth-order valence-electron chi connectivity index (χ4n) is 2.56. The van der Waals surface area contributed by atoms with E-state index in [4.69, 9.17) is 0 Å². The zero-order chi connectivity index (χ0) is 13.1. The second kappa shape index (κ2) is 5.80. The SMILES string of the molecule is Fc1ccc(C2CC(NCCc3cscn3)C2)cc1. The lowest BCUT2D eigenvalue weighted by atomic mass is 9.76. The van der Waals surface area contributed by atoms with Gasteiger partial charge in [-0.05, 0) is 36.5 Å². The topological polar surface area (TPSA) is 24.9 Å². The van der Waals surface area contributed by atoms with E-state index in [1.165, 1.54) is 11.3 Å². The molecule has 1 fully saturated rings. The Kier molecular flexibility index (Phi) is 3.89. The van der Waals surface area contributed by atoms with Crippen LogP contribution in [-0.2, 0) is 6.42 Å². The second-order valence-electron chi connectivity index (χ2n) is 5.10. The van der Waals surface area contributed by atoms with Gasteiger partial charge in [-0.1, -0.05) is 12.1 Å². The Morgan fingerprint density at radius 1 is 1.26 bits per heavy atom. The van der Waals surface area contributed by atoms with Crippen molar-refractivity contribution in [3.05, 3.63) is 52.2 Å². The first-order valence-corrected chi connectivity index (χ1v) is 7.61. The summed E-state index contributed by atoms with van der Waals surface area (Å²) in [6, 6.07) is 7.53. The Balaban J connectivity index is 1.39. The Bertz CT molecular complexity index is 503. The van der Waals surface area contributed by atoms with Crippen molar-refractivity contribution in [1.82, 2.24) is 10.3 Å². The van der Waals surface area contributed by atoms with E-state index in [-0.39, 0.29) is 5.82 Å². The second-order valence-corrected chi connectivity index (χ2v) is 5.82. The Labute approximate surface area is 116 Å². The highest BCUT2D eigenvalue weighted by molar-refractivity contribution is 7.07. The van der Waals surface area contributed by atoms with Gasteiger partial charge in [-0.2, -0.15) is 0 Å². The van der Waals surface area contributed by atoms with Crippen molar-refractivity contribution in [2.75, 3.05) is 6.54 Å². The van der Waals surface area contributed by atoms with Crippen molar-refractivity contribution in [3.63, 3.8) is 0 Å². The summed E-state index contributed by atoms with van der Waals surface area (Å²) in [5.41, 5.74) is 4.31. The van der Waals surface area contributed by atoms with Crippen LogP contribution in [-0.4, -0.2) is 17.6 Å². The number of halogens is 1. The summed E-state index contributed by atoms with van der Waals surface area (Å²) in [6.07, 6.45) is 3.31. The van der Waals surface area contributed by atoms with Gasteiger partial charge in [0.25, 0.3) is 0 Å². The van der Waals surface area contributed by atoms with Crippen LogP contribution in [0.4, 0.5) is 4.39 Å². The van der Waals surface area contributed by atoms with Crippen molar-refractivity contribution in [2.45, 2.75) is 31.2 Å². The highest BCUT2D eigenvalue weighted by atomic mass is 32.1. The van der Waals surface area contributed by atoms with Crippen molar-refractivity contribution in [3.8, 4) is 0 Å². The molecular weight excluding hydrogens is 259 g/mol. The summed E-state index contributed by atoms with van der Waals surface area (Å²) in [5, 5.41) is 5.66. The largest absolute Gasteiger partial charge is 0.314 e. The molecule has 0 radical (unpaired) electrons. The van der Waals surface area contributed by atoms with E-state index >= 15 is 0 Å². The molecule has 1 aromatic heterocycles. The van der Waals surface area contributed by atoms with Gasteiger partial charge in [0.2, 0.25) is 0 Å². The molecule has 1 aromatic carbocycles. The minimum atomic E-state index is -0.152. The highest BCUT2D eigenvalue weighted by Crippen LogP contribution is 2.36. The van der Waals surface area contributed by atoms with Crippen LogP contribution in [0.15, 0.2) is 35.2 Å². The predicted octanol–water partition coefficient (Wildman–Crippen LogP) is 3.36. The van der Waals surface area contributed by atoms with E-state index in [1.807, 2.05) is 17.6 Å². The maximum Gasteiger partial charge on any atom is 0.123 e. The molecule has 0 bridgehead atoms. The number of hydrogen-bond acceptors (Lipinski definition) is 3. The summed E-state index contributed by atoms with van der Waals surface area (Å²) in [6.45, 7) is 0.991. The third-order valence-electron chi connectivity index (χ3n) is 3.78. The smallest absolute Gasteiger partial charge is 0.123 e. The van der Waals surface area contributed by atoms with E-state index < -0.39 is 0 Å². The van der Waals surface area contributed by atoms with E-state index in [1.54, 1.807) is 23.5 Å². The van der Waals surface area contributed by atoms with E-state index in [0.717, 1.165) is 25.8 Å². The fourth-order valence-corrected chi connectivity index (χ4v) is 3.15. The van der Waals surface area contributed by atoms with Crippen LogP contribution in [0.5, 0.6) is 0 Å². The van der Waals surface area contributed by atoms with Gasteiger partial charge in [-0.15, -0.1) is 11.3 Å². The van der Waals surface area contributed by atoms with Gasteiger partial charge in [-0.25, -0.2) is 9.37 Å². The van der Waals surface area contributed by atoms with E-state index in [9.17, 15) is 4.39 Å². The number of aromatic nitrogens is 1. The number of thiazole rings is 1. The van der Waals surface area contributed by atoms with Gasteiger partial charge < -0.3 is 5.32 Å². The maximum absolute atomic E-state index is 12.8. The molecule has 1 aliphatic carbocycles. The highest BCUT2D eigenvalue weighted by Gasteiger charge is 2.29. The van der Waals surface area contributed by atoms with E-state index in [0.29, 0.717) is 12.0 Å².